The van der Waals surface area contributed by atoms with Crippen molar-refractivity contribution in [1.82, 2.24) is 0 Å². The molecule has 0 radical (unpaired) electrons. The fourth-order valence-corrected chi connectivity index (χ4v) is 4.62. The minimum absolute atomic E-state index is 0.0842. The average molecular weight is 228 g/mol. The molecule has 0 aromatic rings. The van der Waals surface area contributed by atoms with Crippen LogP contribution >= 0.6 is 0 Å². The van der Waals surface area contributed by atoms with E-state index in [9.17, 15) is 4.79 Å². The quantitative estimate of drug-likeness (QED) is 0.361. The summed E-state index contributed by atoms with van der Waals surface area (Å²) in [6.07, 6.45) is 2.61. The Morgan fingerprint density at radius 3 is 2.00 bits per heavy atom. The topological polar surface area (TPSA) is 26.3 Å². The minimum atomic E-state index is -1.61. The second-order valence-corrected chi connectivity index (χ2v) is 8.78. The van der Waals surface area contributed by atoms with Crippen molar-refractivity contribution in [2.24, 2.45) is 5.92 Å². The van der Waals surface area contributed by atoms with Crippen molar-refractivity contribution >= 4 is 14.6 Å². The number of carbonyl (C=O) groups is 1. The second-order valence-electron chi connectivity index (χ2n) is 4.06. The maximum atomic E-state index is 10.7. The van der Waals surface area contributed by atoms with Crippen molar-refractivity contribution in [2.75, 3.05) is 0 Å². The molecule has 2 nitrogen and oxygen atoms in total. The predicted molar refractivity (Wildman–Crippen MR) is 67.5 cm³/mol. The SMILES string of the molecule is C=C[C@@H](O[Si](CC)(CC)CC)[C@H](C)C=O. The molecule has 0 aromatic heterocycles. The lowest BCUT2D eigenvalue weighted by Crippen LogP contribution is -2.41. The second kappa shape index (κ2) is 6.96. The van der Waals surface area contributed by atoms with Gasteiger partial charge in [-0.05, 0) is 18.1 Å². The molecule has 0 aliphatic rings. The van der Waals surface area contributed by atoms with E-state index in [1.54, 1.807) is 6.08 Å². The van der Waals surface area contributed by atoms with E-state index in [1.165, 1.54) is 0 Å². The Labute approximate surface area is 94.8 Å². The Hall–Kier alpha value is -0.413. The van der Waals surface area contributed by atoms with E-state index in [1.807, 2.05) is 6.92 Å². The Morgan fingerprint density at radius 1 is 1.27 bits per heavy atom. The molecule has 0 fully saturated rings. The predicted octanol–water partition coefficient (Wildman–Crippen LogP) is 3.40. The molecule has 0 saturated carbocycles. The van der Waals surface area contributed by atoms with E-state index in [-0.39, 0.29) is 12.0 Å². The molecule has 0 aromatic carbocycles. The van der Waals surface area contributed by atoms with Gasteiger partial charge in [-0.1, -0.05) is 33.8 Å². The number of rotatable bonds is 8. The number of hydrogen-bond donors (Lipinski definition) is 0. The minimum Gasteiger partial charge on any atom is -0.410 e. The van der Waals surface area contributed by atoms with Gasteiger partial charge in [-0.3, -0.25) is 0 Å². The summed E-state index contributed by atoms with van der Waals surface area (Å²) in [5.41, 5.74) is 0. The molecule has 2 atom stereocenters. The van der Waals surface area contributed by atoms with Gasteiger partial charge in [-0.15, -0.1) is 6.58 Å². The highest BCUT2D eigenvalue weighted by Gasteiger charge is 2.32. The summed E-state index contributed by atoms with van der Waals surface area (Å²) in [6.45, 7) is 12.2. The molecule has 0 aliphatic heterocycles. The first-order valence-electron chi connectivity index (χ1n) is 5.84. The molecule has 0 heterocycles. The summed E-state index contributed by atoms with van der Waals surface area (Å²) < 4.78 is 6.18. The molecule has 0 unspecified atom stereocenters. The van der Waals surface area contributed by atoms with Crippen LogP contribution in [0.2, 0.25) is 18.1 Å². The fraction of sp³-hybridized carbons (Fsp3) is 0.750. The van der Waals surface area contributed by atoms with Crippen LogP contribution in [0.25, 0.3) is 0 Å². The normalized spacial score (nSPS) is 15.7. The van der Waals surface area contributed by atoms with Crippen LogP contribution in [0.1, 0.15) is 27.7 Å². The lowest BCUT2D eigenvalue weighted by atomic mass is 10.1. The zero-order chi connectivity index (χ0) is 11.9. The van der Waals surface area contributed by atoms with Crippen LogP contribution in [0.4, 0.5) is 0 Å². The van der Waals surface area contributed by atoms with Gasteiger partial charge < -0.3 is 9.22 Å². The molecule has 0 N–H and O–H groups in total. The van der Waals surface area contributed by atoms with Gasteiger partial charge in [0, 0.05) is 5.92 Å². The molecule has 0 amide bonds. The van der Waals surface area contributed by atoms with Gasteiger partial charge >= 0.3 is 0 Å². The van der Waals surface area contributed by atoms with Crippen LogP contribution in [-0.2, 0) is 9.22 Å². The monoisotopic (exact) mass is 228 g/mol. The van der Waals surface area contributed by atoms with E-state index >= 15 is 0 Å². The standard InChI is InChI=1S/C12H24O2Si/c1-6-12(11(5)10-13)14-15(7-2,8-3)9-4/h6,10-12H,1,7-9H2,2-5H3/t11-,12-/m1/s1. The zero-order valence-corrected chi connectivity index (χ0v) is 11.5. The maximum Gasteiger partial charge on any atom is 0.192 e. The van der Waals surface area contributed by atoms with Crippen molar-refractivity contribution in [1.29, 1.82) is 0 Å². The lowest BCUT2D eigenvalue weighted by Gasteiger charge is -2.33. The fourth-order valence-electron chi connectivity index (χ4n) is 1.74. The van der Waals surface area contributed by atoms with Crippen LogP contribution < -0.4 is 0 Å². The Morgan fingerprint density at radius 2 is 1.73 bits per heavy atom. The first kappa shape index (κ1) is 14.6. The van der Waals surface area contributed by atoms with Crippen molar-refractivity contribution in [3.05, 3.63) is 12.7 Å². The molecule has 0 spiro atoms. The third-order valence-electron chi connectivity index (χ3n) is 3.28. The molecule has 88 valence electrons. The van der Waals surface area contributed by atoms with E-state index < -0.39 is 8.32 Å². The molecule has 0 aliphatic carbocycles. The molecular weight excluding hydrogens is 204 g/mol. The van der Waals surface area contributed by atoms with Crippen molar-refractivity contribution in [3.8, 4) is 0 Å². The molecule has 15 heavy (non-hydrogen) atoms. The summed E-state index contributed by atoms with van der Waals surface area (Å²) in [6, 6.07) is 3.32. The average Bonchev–Trinajstić information content (AvgIpc) is 2.31. The molecule has 0 bridgehead atoms. The lowest BCUT2D eigenvalue weighted by molar-refractivity contribution is -0.112. The van der Waals surface area contributed by atoms with Crippen LogP contribution in [-0.4, -0.2) is 20.7 Å². The molecule has 3 heteroatoms. The van der Waals surface area contributed by atoms with Crippen LogP contribution in [0, 0.1) is 5.92 Å². The third kappa shape index (κ3) is 3.91. The van der Waals surface area contributed by atoms with Crippen molar-refractivity contribution in [3.63, 3.8) is 0 Å². The Kier molecular flexibility index (Phi) is 6.77. The summed E-state index contributed by atoms with van der Waals surface area (Å²) in [5, 5.41) is 0. The summed E-state index contributed by atoms with van der Waals surface area (Å²) in [4.78, 5) is 10.7. The van der Waals surface area contributed by atoms with E-state index in [0.717, 1.165) is 24.4 Å². The summed E-state index contributed by atoms with van der Waals surface area (Å²) in [5.74, 6) is -0.0842. The zero-order valence-electron chi connectivity index (χ0n) is 10.5. The third-order valence-corrected chi connectivity index (χ3v) is 7.92. The summed E-state index contributed by atoms with van der Waals surface area (Å²) in [7, 11) is -1.61. The van der Waals surface area contributed by atoms with E-state index in [0.29, 0.717) is 0 Å². The smallest absolute Gasteiger partial charge is 0.192 e. The van der Waals surface area contributed by atoms with Gasteiger partial charge in [0.2, 0.25) is 0 Å². The molecular formula is C12H24O2Si. The van der Waals surface area contributed by atoms with Gasteiger partial charge in [-0.2, -0.15) is 0 Å². The largest absolute Gasteiger partial charge is 0.410 e. The highest BCUT2D eigenvalue weighted by atomic mass is 28.4. The number of hydrogen-bond acceptors (Lipinski definition) is 2. The van der Waals surface area contributed by atoms with Crippen molar-refractivity contribution < 1.29 is 9.22 Å². The van der Waals surface area contributed by atoms with Gasteiger partial charge in [0.1, 0.15) is 6.29 Å². The van der Waals surface area contributed by atoms with Crippen LogP contribution in [0.15, 0.2) is 12.7 Å². The van der Waals surface area contributed by atoms with Gasteiger partial charge in [-0.25, -0.2) is 0 Å². The Bertz CT molecular complexity index is 192. The maximum absolute atomic E-state index is 10.7. The van der Waals surface area contributed by atoms with E-state index in [2.05, 4.69) is 27.4 Å². The van der Waals surface area contributed by atoms with Crippen LogP contribution in [0.5, 0.6) is 0 Å². The first-order chi connectivity index (χ1) is 7.09. The van der Waals surface area contributed by atoms with Gasteiger partial charge in [0.05, 0.1) is 6.10 Å². The molecule has 0 rings (SSSR count). The summed E-state index contributed by atoms with van der Waals surface area (Å²) >= 11 is 0. The van der Waals surface area contributed by atoms with Gasteiger partial charge in [0.25, 0.3) is 0 Å². The Balaban J connectivity index is 4.61. The van der Waals surface area contributed by atoms with E-state index in [4.69, 9.17) is 4.43 Å². The number of aldehydes is 1. The van der Waals surface area contributed by atoms with Gasteiger partial charge in [0.15, 0.2) is 8.32 Å². The first-order valence-corrected chi connectivity index (χ1v) is 8.37. The van der Waals surface area contributed by atoms with Crippen LogP contribution in [0.3, 0.4) is 0 Å². The number of carbonyl (C=O) groups excluding carboxylic acids is 1. The highest BCUT2D eigenvalue weighted by Crippen LogP contribution is 2.25. The van der Waals surface area contributed by atoms with Crippen molar-refractivity contribution in [2.45, 2.75) is 51.9 Å². The highest BCUT2D eigenvalue weighted by molar-refractivity contribution is 6.73. The molecule has 0 saturated heterocycles.